The fourth-order valence-corrected chi connectivity index (χ4v) is 9.87. The van der Waals surface area contributed by atoms with Crippen LogP contribution in [0.2, 0.25) is 0 Å². The van der Waals surface area contributed by atoms with Crippen LogP contribution < -0.4 is 16.4 Å². The Balaban J connectivity index is 1.47. The molecule has 348 valence electrons. The third-order valence-corrected chi connectivity index (χ3v) is 13.8. The predicted molar refractivity (Wildman–Crippen MR) is 252 cm³/mol. The molecule has 0 unspecified atom stereocenters. The number of rotatable bonds is 24. The number of thiazole rings is 1. The van der Waals surface area contributed by atoms with Gasteiger partial charge in [0.1, 0.15) is 11.0 Å². The molecule has 0 saturated carbocycles. The molecule has 1 aliphatic rings. The summed E-state index contributed by atoms with van der Waals surface area (Å²) in [5.74, 6) is -1.53. The van der Waals surface area contributed by atoms with Crippen LogP contribution in [0.1, 0.15) is 96.3 Å². The van der Waals surface area contributed by atoms with Crippen LogP contribution in [0.4, 0.5) is 5.69 Å². The van der Waals surface area contributed by atoms with Crippen LogP contribution in [0, 0.1) is 23.7 Å². The Kier molecular flexibility index (Phi) is 20.0. The largest absolute Gasteiger partial charge is 0.399 e. The first-order valence-corrected chi connectivity index (χ1v) is 23.6. The maximum absolute atomic E-state index is 14.6. The van der Waals surface area contributed by atoms with Crippen molar-refractivity contribution in [1.29, 1.82) is 0 Å². The van der Waals surface area contributed by atoms with Crippen molar-refractivity contribution in [2.24, 2.45) is 23.7 Å². The van der Waals surface area contributed by atoms with Crippen molar-refractivity contribution in [2.45, 2.75) is 129 Å². The first-order valence-electron chi connectivity index (χ1n) is 22.7. The lowest BCUT2D eigenvalue weighted by Crippen LogP contribution is -2.60. The molecule has 4 rings (SSSR count). The second-order valence-electron chi connectivity index (χ2n) is 18.1. The first-order chi connectivity index (χ1) is 30.0. The minimum Gasteiger partial charge on any atom is -0.399 e. The average Bonchev–Trinajstić information content (AvgIpc) is 3.99. The number of nitrogens with zero attached hydrogens (tertiary/aromatic N) is 4. The van der Waals surface area contributed by atoms with Crippen LogP contribution in [-0.2, 0) is 41.5 Å². The molecule has 2 aromatic carbocycles. The second kappa shape index (κ2) is 24.6. The number of carbonyl (C=O) groups is 4. The molecule has 0 spiro atoms. The molecular weight excluding hydrogens is 815 g/mol. The molecule has 4 amide bonds. The van der Waals surface area contributed by atoms with Gasteiger partial charge in [0.25, 0.3) is 0 Å². The number of amides is 4. The van der Waals surface area contributed by atoms with E-state index in [2.05, 4.69) is 34.4 Å². The molecule has 1 saturated heterocycles. The molecule has 63 heavy (non-hydrogen) atoms. The molecule has 14 heteroatoms. The van der Waals surface area contributed by atoms with Crippen molar-refractivity contribution in [3.8, 4) is 0 Å². The van der Waals surface area contributed by atoms with Gasteiger partial charge in [-0.1, -0.05) is 97.4 Å². The highest BCUT2D eigenvalue weighted by Gasteiger charge is 2.43. The number of hydrogen-bond donors (Lipinski definition) is 3. The minimum absolute atomic E-state index is 0.0108. The molecule has 2 heterocycles. The van der Waals surface area contributed by atoms with Crippen LogP contribution in [0.25, 0.3) is 0 Å². The van der Waals surface area contributed by atoms with Crippen LogP contribution in [0.5, 0.6) is 0 Å². The van der Waals surface area contributed by atoms with E-state index < -0.39 is 36.3 Å². The van der Waals surface area contributed by atoms with Gasteiger partial charge < -0.3 is 35.6 Å². The summed E-state index contributed by atoms with van der Waals surface area (Å²) >= 11 is 1.50. The SMILES string of the molecule is CC[C@H](C)[C@@H]([C@H](CC(=O)N1CCC[C@H]1[C@H](OC)[C@@H](C)C(=O)N[C@@H](Cc1ccccc1)c1nccs1)OC)N(C)C(=O)[C@@H](NC(=O)[C@H](C(C)C)N(C)CCc1ccc(N)cc1)C(C)C. The standard InChI is InChI=1S/C49H75N7O6S/c1-12-33(6)44(55(9)49(60)42(31(2)3)53-47(59)43(32(4)5)54(8)27-24-35-20-22-37(50)23-21-35)40(61-10)30-41(57)56-26-16-19-39(56)45(62-11)34(7)46(58)52-38(48-51-25-28-63-48)29-36-17-14-13-15-18-36/h13-15,17-18,20-23,25,28,31-34,38-40,42-45H,12,16,19,24,26-27,29-30,50H2,1-11H3,(H,52,58)(H,53,59)/t33-,34+,38-,39-,40-,42-,43-,44-,45+/m0/s1. The lowest BCUT2D eigenvalue weighted by atomic mass is 9.89. The van der Waals surface area contributed by atoms with Gasteiger partial charge in [0.05, 0.1) is 48.7 Å². The van der Waals surface area contributed by atoms with Crippen molar-refractivity contribution in [3.63, 3.8) is 0 Å². The summed E-state index contributed by atoms with van der Waals surface area (Å²) in [6.45, 7) is 15.1. The number of nitrogen functional groups attached to an aromatic ring is 1. The molecule has 1 aromatic heterocycles. The summed E-state index contributed by atoms with van der Waals surface area (Å²) in [4.78, 5) is 67.2. The lowest BCUT2D eigenvalue weighted by Gasteiger charge is -2.41. The minimum atomic E-state index is -0.796. The van der Waals surface area contributed by atoms with E-state index in [0.29, 0.717) is 31.6 Å². The summed E-state index contributed by atoms with van der Waals surface area (Å²) in [5.41, 5.74) is 8.81. The number of anilines is 1. The number of nitrogens with one attached hydrogen (secondary N) is 2. The number of hydrogen-bond acceptors (Lipinski definition) is 10. The molecule has 13 nitrogen and oxygen atoms in total. The van der Waals surface area contributed by atoms with Gasteiger partial charge in [-0.15, -0.1) is 11.3 Å². The quantitative estimate of drug-likeness (QED) is 0.0868. The Morgan fingerprint density at radius 3 is 2.16 bits per heavy atom. The van der Waals surface area contributed by atoms with Crippen LogP contribution >= 0.6 is 11.3 Å². The van der Waals surface area contributed by atoms with E-state index in [-0.39, 0.29) is 59.9 Å². The van der Waals surface area contributed by atoms with Gasteiger partial charge in [-0.05, 0) is 73.7 Å². The van der Waals surface area contributed by atoms with E-state index in [4.69, 9.17) is 15.2 Å². The number of carbonyl (C=O) groups excluding carboxylic acids is 4. The Bertz CT molecular complexity index is 1860. The zero-order valence-electron chi connectivity index (χ0n) is 39.6. The number of likely N-dealkylation sites (N-methyl/N-ethyl adjacent to an activating group) is 2. The normalized spacial score (nSPS) is 18.1. The van der Waals surface area contributed by atoms with Gasteiger partial charge in [-0.25, -0.2) is 4.98 Å². The van der Waals surface area contributed by atoms with Crippen molar-refractivity contribution >= 4 is 40.7 Å². The zero-order chi connectivity index (χ0) is 46.4. The highest BCUT2D eigenvalue weighted by molar-refractivity contribution is 7.09. The fourth-order valence-electron chi connectivity index (χ4n) is 9.18. The van der Waals surface area contributed by atoms with Gasteiger partial charge in [0, 0.05) is 51.6 Å². The molecule has 3 aromatic rings. The number of ether oxygens (including phenoxy) is 2. The summed E-state index contributed by atoms with van der Waals surface area (Å²) in [6, 6.07) is 15.4. The van der Waals surface area contributed by atoms with E-state index in [1.54, 1.807) is 32.4 Å². The van der Waals surface area contributed by atoms with Crippen LogP contribution in [0.15, 0.2) is 66.2 Å². The van der Waals surface area contributed by atoms with E-state index in [0.717, 1.165) is 35.4 Å². The van der Waals surface area contributed by atoms with E-state index >= 15 is 0 Å². The Hall–Kier alpha value is -4.37. The van der Waals surface area contributed by atoms with Crippen molar-refractivity contribution < 1.29 is 28.7 Å². The number of nitrogens with two attached hydrogens (primary N) is 1. The highest BCUT2D eigenvalue weighted by atomic mass is 32.1. The van der Waals surface area contributed by atoms with Crippen molar-refractivity contribution in [3.05, 3.63) is 82.3 Å². The zero-order valence-corrected chi connectivity index (χ0v) is 40.4. The Morgan fingerprint density at radius 1 is 0.905 bits per heavy atom. The number of likely N-dealkylation sites (tertiary alicyclic amines) is 1. The fraction of sp³-hybridized carbons (Fsp3) is 0.612. The molecule has 9 atom stereocenters. The molecular formula is C49H75N7O6S. The Labute approximate surface area is 380 Å². The van der Waals surface area contributed by atoms with Crippen LogP contribution in [0.3, 0.4) is 0 Å². The maximum Gasteiger partial charge on any atom is 0.245 e. The van der Waals surface area contributed by atoms with E-state index in [1.807, 2.05) is 107 Å². The molecule has 4 N–H and O–H groups in total. The van der Waals surface area contributed by atoms with Crippen molar-refractivity contribution in [2.75, 3.05) is 47.1 Å². The number of aromatic nitrogens is 1. The molecule has 1 fully saturated rings. The second-order valence-corrected chi connectivity index (χ2v) is 19.0. The number of benzene rings is 2. The molecule has 0 aliphatic carbocycles. The molecule has 0 radical (unpaired) electrons. The van der Waals surface area contributed by atoms with E-state index in [1.165, 1.54) is 11.3 Å². The topological polar surface area (TPSA) is 159 Å². The summed E-state index contributed by atoms with van der Waals surface area (Å²) in [5, 5.41) is 9.12. The third-order valence-electron chi connectivity index (χ3n) is 12.9. The van der Waals surface area contributed by atoms with Crippen LogP contribution in [-0.4, -0.2) is 121 Å². The smallest absolute Gasteiger partial charge is 0.245 e. The van der Waals surface area contributed by atoms with Gasteiger partial charge in [-0.2, -0.15) is 0 Å². The third kappa shape index (κ3) is 13.8. The van der Waals surface area contributed by atoms with Crippen molar-refractivity contribution in [1.82, 2.24) is 30.3 Å². The summed E-state index contributed by atoms with van der Waals surface area (Å²) in [6.07, 6.45) is 4.14. The Morgan fingerprint density at radius 2 is 1.59 bits per heavy atom. The summed E-state index contributed by atoms with van der Waals surface area (Å²) < 4.78 is 12.2. The highest BCUT2D eigenvalue weighted by Crippen LogP contribution is 2.31. The van der Waals surface area contributed by atoms with Gasteiger partial charge in [-0.3, -0.25) is 24.1 Å². The lowest BCUT2D eigenvalue weighted by molar-refractivity contribution is -0.148. The van der Waals surface area contributed by atoms with Gasteiger partial charge >= 0.3 is 0 Å². The predicted octanol–water partition coefficient (Wildman–Crippen LogP) is 6.39. The summed E-state index contributed by atoms with van der Waals surface area (Å²) in [7, 11) is 6.89. The van der Waals surface area contributed by atoms with E-state index in [9.17, 15) is 19.2 Å². The number of methoxy groups -OCH3 is 2. The van der Waals surface area contributed by atoms with Gasteiger partial charge in [0.15, 0.2) is 0 Å². The maximum atomic E-state index is 14.6. The molecule has 1 aliphatic heterocycles. The monoisotopic (exact) mass is 890 g/mol. The first kappa shape index (κ1) is 51.3. The average molecular weight is 890 g/mol. The molecule has 0 bridgehead atoms. The van der Waals surface area contributed by atoms with Gasteiger partial charge in [0.2, 0.25) is 23.6 Å².